The fourth-order valence-electron chi connectivity index (χ4n) is 4.82. The van der Waals surface area contributed by atoms with Gasteiger partial charge in [0, 0.05) is 19.4 Å². The molecule has 0 radical (unpaired) electrons. The van der Waals surface area contributed by atoms with Crippen LogP contribution in [0.4, 0.5) is 0 Å². The van der Waals surface area contributed by atoms with E-state index in [9.17, 15) is 0 Å². The Labute approximate surface area is 170 Å². The topological polar surface area (TPSA) is 58.4 Å². The maximum atomic E-state index is 6.93. The Morgan fingerprint density at radius 2 is 1.79 bits per heavy atom. The Bertz CT molecular complexity index is 870. The number of alkyl halides is 1. The molecule has 3 heterocycles. The van der Waals surface area contributed by atoms with Gasteiger partial charge in [0.15, 0.2) is 11.6 Å². The molecule has 3 aliphatic rings. The molecular formula is C21H26ClN3O3. The molecule has 7 heteroatoms. The molecule has 28 heavy (non-hydrogen) atoms. The number of aromatic nitrogens is 3. The molecule has 0 bridgehead atoms. The largest absolute Gasteiger partial charge is 0.379 e. The molecule has 2 aliphatic heterocycles. The second-order valence-electron chi connectivity index (χ2n) is 8.36. The normalized spacial score (nSPS) is 31.4. The van der Waals surface area contributed by atoms with Crippen molar-refractivity contribution in [2.24, 2.45) is 0 Å². The molecule has 1 saturated heterocycles. The van der Waals surface area contributed by atoms with E-state index in [1.807, 2.05) is 12.1 Å². The van der Waals surface area contributed by atoms with Crippen LogP contribution in [0, 0.1) is 0 Å². The van der Waals surface area contributed by atoms with E-state index in [4.69, 9.17) is 25.8 Å². The standard InChI is InChI=1S/C21H26ClN3O3/c1-20(26-2)9-7-14(8-10-20)18-23-24-19-17(22)21(27-11-12-28-21)13-15-5-3-4-6-16(15)25(18)19/h3-6,14,17H,7-13H2,1-2H3. The maximum Gasteiger partial charge on any atom is 0.196 e. The zero-order valence-electron chi connectivity index (χ0n) is 16.4. The highest BCUT2D eigenvalue weighted by atomic mass is 35.5. The summed E-state index contributed by atoms with van der Waals surface area (Å²) in [5.41, 5.74) is 2.19. The average molecular weight is 404 g/mol. The van der Waals surface area contributed by atoms with Crippen LogP contribution < -0.4 is 0 Å². The summed E-state index contributed by atoms with van der Waals surface area (Å²) in [7, 11) is 1.80. The molecule has 150 valence electrons. The van der Waals surface area contributed by atoms with Gasteiger partial charge in [0.25, 0.3) is 0 Å². The molecule has 1 aliphatic carbocycles. The summed E-state index contributed by atoms with van der Waals surface area (Å²) in [6, 6.07) is 8.33. The number of hydrogen-bond donors (Lipinski definition) is 0. The monoisotopic (exact) mass is 403 g/mol. The highest BCUT2D eigenvalue weighted by molar-refractivity contribution is 6.21. The van der Waals surface area contributed by atoms with Gasteiger partial charge in [-0.2, -0.15) is 0 Å². The first-order chi connectivity index (χ1) is 13.6. The number of halogens is 1. The van der Waals surface area contributed by atoms with Gasteiger partial charge in [-0.25, -0.2) is 0 Å². The van der Waals surface area contributed by atoms with Crippen molar-refractivity contribution in [3.63, 3.8) is 0 Å². The van der Waals surface area contributed by atoms with Crippen LogP contribution in [0.2, 0.25) is 0 Å². The second kappa shape index (κ2) is 6.80. The van der Waals surface area contributed by atoms with Crippen molar-refractivity contribution < 1.29 is 14.2 Å². The number of benzene rings is 1. The molecule has 0 amide bonds. The lowest BCUT2D eigenvalue weighted by molar-refractivity contribution is -0.159. The van der Waals surface area contributed by atoms with Gasteiger partial charge in [-0.15, -0.1) is 21.8 Å². The summed E-state index contributed by atoms with van der Waals surface area (Å²) in [4.78, 5) is 0. The van der Waals surface area contributed by atoms with Crippen LogP contribution in [0.25, 0.3) is 5.69 Å². The molecule has 5 rings (SSSR count). The first-order valence-corrected chi connectivity index (χ1v) is 10.5. The van der Waals surface area contributed by atoms with Gasteiger partial charge in [-0.05, 0) is 44.2 Å². The average Bonchev–Trinajstić information content (AvgIpc) is 3.34. The summed E-state index contributed by atoms with van der Waals surface area (Å²) >= 11 is 6.93. The van der Waals surface area contributed by atoms with Crippen LogP contribution in [0.1, 0.15) is 61.1 Å². The first kappa shape index (κ1) is 18.6. The fraction of sp³-hybridized carbons (Fsp3) is 0.619. The van der Waals surface area contributed by atoms with E-state index in [2.05, 4.69) is 33.8 Å². The molecule has 1 aromatic carbocycles. The van der Waals surface area contributed by atoms with Crippen molar-refractivity contribution in [3.05, 3.63) is 41.5 Å². The van der Waals surface area contributed by atoms with Crippen LogP contribution in [0.5, 0.6) is 0 Å². The zero-order chi connectivity index (χ0) is 19.4. The Morgan fingerprint density at radius 3 is 2.50 bits per heavy atom. The lowest BCUT2D eigenvalue weighted by atomic mass is 9.79. The summed E-state index contributed by atoms with van der Waals surface area (Å²) in [5, 5.41) is 8.64. The third-order valence-corrected chi connectivity index (χ3v) is 7.20. The number of nitrogens with zero attached hydrogens (tertiary/aromatic N) is 3. The van der Waals surface area contributed by atoms with E-state index in [1.165, 1.54) is 0 Å². The Balaban J connectivity index is 1.59. The second-order valence-corrected chi connectivity index (χ2v) is 8.79. The number of hydrogen-bond acceptors (Lipinski definition) is 5. The molecule has 6 nitrogen and oxygen atoms in total. The third kappa shape index (κ3) is 2.81. The molecule has 2 aromatic rings. The highest BCUT2D eigenvalue weighted by Crippen LogP contribution is 2.47. The van der Waals surface area contributed by atoms with Crippen molar-refractivity contribution in [1.82, 2.24) is 14.8 Å². The Hall–Kier alpha value is -1.47. The molecule has 1 spiro atoms. The maximum absolute atomic E-state index is 6.93. The predicted octanol–water partition coefficient (Wildman–Crippen LogP) is 3.91. The van der Waals surface area contributed by atoms with Crippen molar-refractivity contribution >= 4 is 11.6 Å². The van der Waals surface area contributed by atoms with Gasteiger partial charge in [0.05, 0.1) is 24.5 Å². The van der Waals surface area contributed by atoms with E-state index in [0.29, 0.717) is 31.4 Å². The molecular weight excluding hydrogens is 378 g/mol. The van der Waals surface area contributed by atoms with Crippen LogP contribution in [-0.2, 0) is 20.6 Å². The summed E-state index contributed by atoms with van der Waals surface area (Å²) in [6.07, 6.45) is 4.68. The van der Waals surface area contributed by atoms with Gasteiger partial charge >= 0.3 is 0 Å². The molecule has 2 fully saturated rings. The fourth-order valence-corrected chi connectivity index (χ4v) is 5.17. The SMILES string of the molecule is COC1(C)CCC(c2nnc3n2-c2ccccc2CC2(OCCO2)C3Cl)CC1. The van der Waals surface area contributed by atoms with Crippen LogP contribution in [0.15, 0.2) is 24.3 Å². The Kier molecular flexibility index (Phi) is 4.51. The zero-order valence-corrected chi connectivity index (χ0v) is 17.1. The van der Waals surface area contributed by atoms with Gasteiger partial charge in [-0.3, -0.25) is 4.57 Å². The molecule has 1 saturated carbocycles. The first-order valence-electron chi connectivity index (χ1n) is 10.1. The number of rotatable bonds is 2. The van der Waals surface area contributed by atoms with E-state index in [0.717, 1.165) is 42.8 Å². The van der Waals surface area contributed by atoms with Crippen LogP contribution in [0.3, 0.4) is 0 Å². The summed E-state index contributed by atoms with van der Waals surface area (Å²) < 4.78 is 19.9. The number of methoxy groups -OCH3 is 1. The Morgan fingerprint density at radius 1 is 1.11 bits per heavy atom. The van der Waals surface area contributed by atoms with Crippen molar-refractivity contribution in [3.8, 4) is 5.69 Å². The van der Waals surface area contributed by atoms with Gasteiger partial charge in [0.2, 0.25) is 0 Å². The third-order valence-electron chi connectivity index (χ3n) is 6.67. The van der Waals surface area contributed by atoms with Crippen LogP contribution in [-0.4, -0.2) is 46.5 Å². The molecule has 1 atom stereocenters. The predicted molar refractivity (Wildman–Crippen MR) is 105 cm³/mol. The molecule has 1 unspecified atom stereocenters. The smallest absolute Gasteiger partial charge is 0.196 e. The molecule has 0 N–H and O–H groups in total. The van der Waals surface area contributed by atoms with E-state index in [1.54, 1.807) is 7.11 Å². The minimum atomic E-state index is -0.878. The lowest BCUT2D eigenvalue weighted by Crippen LogP contribution is -2.37. The van der Waals surface area contributed by atoms with Gasteiger partial charge in [-0.1, -0.05) is 18.2 Å². The number of fused-ring (bicyclic) bond motifs is 3. The van der Waals surface area contributed by atoms with Crippen molar-refractivity contribution in [2.45, 2.75) is 61.7 Å². The van der Waals surface area contributed by atoms with E-state index >= 15 is 0 Å². The summed E-state index contributed by atoms with van der Waals surface area (Å²) in [5.74, 6) is 1.16. The van der Waals surface area contributed by atoms with E-state index in [-0.39, 0.29) is 5.60 Å². The highest BCUT2D eigenvalue weighted by Gasteiger charge is 2.50. The van der Waals surface area contributed by atoms with Crippen molar-refractivity contribution in [2.75, 3.05) is 20.3 Å². The van der Waals surface area contributed by atoms with Crippen LogP contribution >= 0.6 is 11.6 Å². The minimum absolute atomic E-state index is 0.0410. The van der Waals surface area contributed by atoms with Gasteiger partial charge < -0.3 is 14.2 Å². The van der Waals surface area contributed by atoms with E-state index < -0.39 is 11.2 Å². The number of para-hydroxylation sites is 1. The minimum Gasteiger partial charge on any atom is -0.379 e. The number of ether oxygens (including phenoxy) is 3. The van der Waals surface area contributed by atoms with Crippen molar-refractivity contribution in [1.29, 1.82) is 0 Å². The lowest BCUT2D eigenvalue weighted by Gasteiger charge is -2.36. The quantitative estimate of drug-likeness (QED) is 0.711. The summed E-state index contributed by atoms with van der Waals surface area (Å²) in [6.45, 7) is 3.28. The molecule has 1 aromatic heterocycles. The van der Waals surface area contributed by atoms with Gasteiger partial charge in [0.1, 0.15) is 11.2 Å².